The molecule has 0 aromatic carbocycles. The summed E-state index contributed by atoms with van der Waals surface area (Å²) in [6, 6.07) is 0.0338. The third-order valence-corrected chi connectivity index (χ3v) is 6.32. The van der Waals surface area contributed by atoms with Crippen LogP contribution >= 0.6 is 0 Å². The first-order valence-corrected chi connectivity index (χ1v) is 9.62. The minimum Gasteiger partial charge on any atom is -0.347 e. The molecule has 122 valence electrons. The lowest BCUT2D eigenvalue weighted by Gasteiger charge is -2.44. The van der Waals surface area contributed by atoms with Gasteiger partial charge in [-0.3, -0.25) is 9.69 Å². The molecule has 6 nitrogen and oxygen atoms in total. The number of rotatable bonds is 3. The van der Waals surface area contributed by atoms with Crippen LogP contribution in [0.1, 0.15) is 25.7 Å². The average Bonchev–Trinajstić information content (AvgIpc) is 2.45. The lowest BCUT2D eigenvalue weighted by molar-refractivity contribution is -0.136. The van der Waals surface area contributed by atoms with E-state index in [1.54, 1.807) is 19.0 Å². The minimum absolute atomic E-state index is 0.101. The summed E-state index contributed by atoms with van der Waals surface area (Å²) in [6.07, 6.45) is 4.67. The predicted molar refractivity (Wildman–Crippen MR) is 82.9 cm³/mol. The normalized spacial score (nSPS) is 31.9. The van der Waals surface area contributed by atoms with Crippen LogP contribution in [0.4, 0.5) is 0 Å². The van der Waals surface area contributed by atoms with E-state index in [0.29, 0.717) is 13.0 Å². The summed E-state index contributed by atoms with van der Waals surface area (Å²) in [6.45, 7) is 2.32. The molecule has 1 saturated carbocycles. The van der Waals surface area contributed by atoms with Crippen LogP contribution in [-0.4, -0.2) is 81.4 Å². The van der Waals surface area contributed by atoms with Gasteiger partial charge in [0, 0.05) is 46.0 Å². The Balaban J connectivity index is 2.12. The molecular formula is C14H27N3O3S. The minimum atomic E-state index is -2.99. The van der Waals surface area contributed by atoms with Crippen LogP contribution in [0, 0.1) is 0 Å². The molecule has 21 heavy (non-hydrogen) atoms. The van der Waals surface area contributed by atoms with Crippen molar-refractivity contribution in [2.75, 3.05) is 40.0 Å². The number of carbonyl (C=O) groups excluding carboxylic acids is 1. The second-order valence-corrected chi connectivity index (χ2v) is 8.79. The number of sulfone groups is 1. The third kappa shape index (κ3) is 3.96. The van der Waals surface area contributed by atoms with Crippen molar-refractivity contribution >= 4 is 15.7 Å². The molecule has 3 atom stereocenters. The van der Waals surface area contributed by atoms with Gasteiger partial charge in [-0.2, -0.15) is 0 Å². The largest absolute Gasteiger partial charge is 0.347 e. The van der Waals surface area contributed by atoms with Crippen LogP contribution in [0.15, 0.2) is 0 Å². The maximum absolute atomic E-state index is 12.4. The number of likely N-dealkylation sites (N-methyl/N-ethyl adjacent to an activating group) is 1. The Bertz CT molecular complexity index is 478. The third-order valence-electron chi connectivity index (χ3n) is 4.68. The van der Waals surface area contributed by atoms with Gasteiger partial charge in [-0.1, -0.05) is 6.42 Å². The molecule has 0 bridgehead atoms. The van der Waals surface area contributed by atoms with E-state index in [0.717, 1.165) is 32.4 Å². The smallest absolute Gasteiger partial charge is 0.240 e. The fourth-order valence-corrected chi connectivity index (χ4v) is 4.66. The SMILES string of the molecule is CN(C)C(=O)C1CNCCN1C1CCCC(S(C)(=O)=O)C1. The Kier molecular flexibility index (Phi) is 5.27. The fraction of sp³-hybridized carbons (Fsp3) is 0.929. The molecule has 3 unspecified atom stereocenters. The van der Waals surface area contributed by atoms with Crippen molar-refractivity contribution in [1.29, 1.82) is 0 Å². The van der Waals surface area contributed by atoms with Crippen molar-refractivity contribution in [1.82, 2.24) is 15.1 Å². The van der Waals surface area contributed by atoms with Crippen LogP contribution in [-0.2, 0) is 14.6 Å². The van der Waals surface area contributed by atoms with Gasteiger partial charge >= 0.3 is 0 Å². The van der Waals surface area contributed by atoms with Crippen molar-refractivity contribution in [2.45, 2.75) is 43.0 Å². The molecule has 2 fully saturated rings. The van der Waals surface area contributed by atoms with E-state index < -0.39 is 9.84 Å². The molecule has 0 aromatic heterocycles. The Morgan fingerprint density at radius 2 is 2.00 bits per heavy atom. The highest BCUT2D eigenvalue weighted by atomic mass is 32.2. The molecule has 2 rings (SSSR count). The maximum atomic E-state index is 12.4. The molecule has 1 saturated heterocycles. The van der Waals surface area contributed by atoms with Crippen molar-refractivity contribution in [3.05, 3.63) is 0 Å². The first-order chi connectivity index (χ1) is 9.80. The van der Waals surface area contributed by atoms with E-state index >= 15 is 0 Å². The van der Waals surface area contributed by atoms with Crippen LogP contribution in [0.5, 0.6) is 0 Å². The summed E-state index contributed by atoms with van der Waals surface area (Å²) >= 11 is 0. The molecule has 1 aliphatic carbocycles. The lowest BCUT2D eigenvalue weighted by atomic mass is 9.92. The molecule has 7 heteroatoms. The monoisotopic (exact) mass is 317 g/mol. The van der Waals surface area contributed by atoms with Gasteiger partial charge in [0.15, 0.2) is 0 Å². The highest BCUT2D eigenvalue weighted by Gasteiger charge is 2.38. The first-order valence-electron chi connectivity index (χ1n) is 7.67. The predicted octanol–water partition coefficient (Wildman–Crippen LogP) is -0.296. The topological polar surface area (TPSA) is 69.7 Å². The first kappa shape index (κ1) is 16.7. The van der Waals surface area contributed by atoms with Crippen LogP contribution in [0.3, 0.4) is 0 Å². The van der Waals surface area contributed by atoms with Crippen molar-refractivity contribution in [3.8, 4) is 0 Å². The highest BCUT2D eigenvalue weighted by Crippen LogP contribution is 2.29. The van der Waals surface area contributed by atoms with Crippen LogP contribution in [0.2, 0.25) is 0 Å². The molecule has 0 radical (unpaired) electrons. The van der Waals surface area contributed by atoms with Crippen LogP contribution < -0.4 is 5.32 Å². The van der Waals surface area contributed by atoms with E-state index in [2.05, 4.69) is 10.2 Å². The van der Waals surface area contributed by atoms with E-state index in [4.69, 9.17) is 0 Å². The summed E-state index contributed by atoms with van der Waals surface area (Å²) in [4.78, 5) is 16.2. The van der Waals surface area contributed by atoms with Gasteiger partial charge in [-0.15, -0.1) is 0 Å². The standard InChI is InChI=1S/C14H27N3O3S/c1-16(2)14(18)13-10-15-7-8-17(13)11-5-4-6-12(9-11)21(3,19)20/h11-13,15H,4-10H2,1-3H3. The number of carbonyl (C=O) groups is 1. The highest BCUT2D eigenvalue weighted by molar-refractivity contribution is 7.91. The van der Waals surface area contributed by atoms with Gasteiger partial charge in [-0.25, -0.2) is 8.42 Å². The fourth-order valence-electron chi connectivity index (χ4n) is 3.49. The molecule has 0 aromatic rings. The molecule has 1 aliphatic heterocycles. The van der Waals surface area contributed by atoms with E-state index in [-0.39, 0.29) is 23.2 Å². The van der Waals surface area contributed by atoms with E-state index in [1.165, 1.54) is 6.26 Å². The van der Waals surface area contributed by atoms with E-state index in [1.807, 2.05) is 0 Å². The van der Waals surface area contributed by atoms with Gasteiger partial charge in [0.2, 0.25) is 5.91 Å². The van der Waals surface area contributed by atoms with Gasteiger partial charge in [0.1, 0.15) is 15.9 Å². The lowest BCUT2D eigenvalue weighted by Crippen LogP contribution is -2.61. The van der Waals surface area contributed by atoms with Crippen molar-refractivity contribution < 1.29 is 13.2 Å². The number of amides is 1. The molecule has 0 spiro atoms. The van der Waals surface area contributed by atoms with Crippen molar-refractivity contribution in [2.24, 2.45) is 0 Å². The summed E-state index contributed by atoms with van der Waals surface area (Å²) in [5.74, 6) is 0.101. The quantitative estimate of drug-likeness (QED) is 0.774. The zero-order chi connectivity index (χ0) is 15.6. The molecular weight excluding hydrogens is 290 g/mol. The second-order valence-electron chi connectivity index (χ2n) is 6.46. The number of nitrogens with one attached hydrogen (secondary N) is 1. The Morgan fingerprint density at radius 1 is 1.29 bits per heavy atom. The van der Waals surface area contributed by atoms with Crippen molar-refractivity contribution in [3.63, 3.8) is 0 Å². The van der Waals surface area contributed by atoms with Gasteiger partial charge < -0.3 is 10.2 Å². The Morgan fingerprint density at radius 3 is 2.62 bits per heavy atom. The zero-order valence-electron chi connectivity index (χ0n) is 13.2. The summed E-state index contributed by atoms with van der Waals surface area (Å²) in [5, 5.41) is 3.02. The van der Waals surface area contributed by atoms with E-state index in [9.17, 15) is 13.2 Å². The molecule has 1 heterocycles. The molecule has 2 aliphatic rings. The Labute approximate surface area is 127 Å². The summed E-state index contributed by atoms with van der Waals surface area (Å²) < 4.78 is 23.7. The average molecular weight is 317 g/mol. The zero-order valence-corrected chi connectivity index (χ0v) is 14.0. The number of hydrogen-bond acceptors (Lipinski definition) is 5. The maximum Gasteiger partial charge on any atom is 0.240 e. The van der Waals surface area contributed by atoms with Gasteiger partial charge in [0.05, 0.1) is 5.25 Å². The number of nitrogens with zero attached hydrogens (tertiary/aromatic N) is 2. The molecule has 1 N–H and O–H groups in total. The summed E-state index contributed by atoms with van der Waals surface area (Å²) in [7, 11) is 0.557. The Hall–Kier alpha value is -0.660. The van der Waals surface area contributed by atoms with Crippen LogP contribution in [0.25, 0.3) is 0 Å². The van der Waals surface area contributed by atoms with Gasteiger partial charge in [0.25, 0.3) is 0 Å². The number of piperazine rings is 1. The summed E-state index contributed by atoms with van der Waals surface area (Å²) in [5.41, 5.74) is 0. The molecule has 1 amide bonds. The number of hydrogen-bond donors (Lipinski definition) is 1. The van der Waals surface area contributed by atoms with Gasteiger partial charge in [-0.05, 0) is 19.3 Å². The second kappa shape index (κ2) is 6.62.